The van der Waals surface area contributed by atoms with Crippen LogP contribution in [0.4, 0.5) is 4.39 Å². The zero-order valence-corrected chi connectivity index (χ0v) is 12.2. The molecule has 0 aromatic heterocycles. The van der Waals surface area contributed by atoms with E-state index >= 15 is 0 Å². The molecule has 0 bridgehead atoms. The first-order valence-electron chi connectivity index (χ1n) is 7.56. The molecule has 1 aromatic rings. The number of ether oxygens (including phenoxy) is 1. The van der Waals surface area contributed by atoms with Crippen molar-refractivity contribution in [3.63, 3.8) is 0 Å². The van der Waals surface area contributed by atoms with Crippen LogP contribution in [0.1, 0.15) is 56.6 Å². The van der Waals surface area contributed by atoms with E-state index < -0.39 is 0 Å². The van der Waals surface area contributed by atoms with Gasteiger partial charge in [-0.15, -0.1) is 0 Å². The highest BCUT2D eigenvalue weighted by Gasteiger charge is 2.25. The van der Waals surface area contributed by atoms with Gasteiger partial charge in [0.15, 0.2) is 0 Å². The van der Waals surface area contributed by atoms with Gasteiger partial charge in [0.1, 0.15) is 11.6 Å². The third kappa shape index (κ3) is 3.70. The lowest BCUT2D eigenvalue weighted by molar-refractivity contribution is 0.282. The minimum atomic E-state index is -0.244. The van der Waals surface area contributed by atoms with Crippen LogP contribution < -0.4 is 16.0 Å². The standard InChI is InChI=1S/C16H25FN2O/c1-20-15-10-9-13(17)11-14(15)16(19-18)12-7-5-3-2-4-6-8-12/h9-12,16,19H,2-8,18H2,1H3. The monoisotopic (exact) mass is 280 g/mol. The molecule has 0 spiro atoms. The lowest BCUT2D eigenvalue weighted by Gasteiger charge is -2.29. The average Bonchev–Trinajstić information content (AvgIpc) is 2.42. The summed E-state index contributed by atoms with van der Waals surface area (Å²) in [5.74, 6) is 6.67. The van der Waals surface area contributed by atoms with Gasteiger partial charge in [0.2, 0.25) is 0 Å². The minimum absolute atomic E-state index is 0.0428. The number of halogens is 1. The predicted molar refractivity (Wildman–Crippen MR) is 78.8 cm³/mol. The summed E-state index contributed by atoms with van der Waals surface area (Å²) in [7, 11) is 1.61. The van der Waals surface area contributed by atoms with Crippen LogP contribution in [-0.2, 0) is 0 Å². The van der Waals surface area contributed by atoms with Crippen molar-refractivity contribution in [2.24, 2.45) is 11.8 Å². The summed E-state index contributed by atoms with van der Waals surface area (Å²) in [5, 5.41) is 0. The van der Waals surface area contributed by atoms with Crippen molar-refractivity contribution in [1.29, 1.82) is 0 Å². The predicted octanol–water partition coefficient (Wildman–Crippen LogP) is 3.70. The fraction of sp³-hybridized carbons (Fsp3) is 0.625. The summed E-state index contributed by atoms with van der Waals surface area (Å²) in [6.45, 7) is 0. The van der Waals surface area contributed by atoms with Crippen LogP contribution in [0.15, 0.2) is 18.2 Å². The second-order valence-electron chi connectivity index (χ2n) is 5.64. The Morgan fingerprint density at radius 2 is 1.85 bits per heavy atom. The van der Waals surface area contributed by atoms with Crippen molar-refractivity contribution in [1.82, 2.24) is 5.43 Å². The van der Waals surface area contributed by atoms with Gasteiger partial charge in [-0.1, -0.05) is 32.1 Å². The van der Waals surface area contributed by atoms with E-state index in [1.165, 1.54) is 38.2 Å². The van der Waals surface area contributed by atoms with Crippen LogP contribution in [0.25, 0.3) is 0 Å². The van der Waals surface area contributed by atoms with Crippen LogP contribution in [0.2, 0.25) is 0 Å². The molecular formula is C16H25FN2O. The smallest absolute Gasteiger partial charge is 0.123 e. The molecule has 0 amide bonds. The molecule has 1 atom stereocenters. The number of hydrazine groups is 1. The molecule has 1 aliphatic carbocycles. The van der Waals surface area contributed by atoms with Gasteiger partial charge in [-0.2, -0.15) is 0 Å². The van der Waals surface area contributed by atoms with Gasteiger partial charge >= 0.3 is 0 Å². The molecule has 0 saturated heterocycles. The highest BCUT2D eigenvalue weighted by Crippen LogP contribution is 2.36. The molecule has 1 fully saturated rings. The number of benzene rings is 1. The van der Waals surface area contributed by atoms with Crippen molar-refractivity contribution in [2.75, 3.05) is 7.11 Å². The minimum Gasteiger partial charge on any atom is -0.496 e. The zero-order chi connectivity index (χ0) is 14.4. The van der Waals surface area contributed by atoms with Gasteiger partial charge in [0.05, 0.1) is 13.2 Å². The maximum atomic E-state index is 13.6. The van der Waals surface area contributed by atoms with Gasteiger partial charge in [-0.25, -0.2) is 4.39 Å². The Morgan fingerprint density at radius 1 is 1.20 bits per heavy atom. The van der Waals surface area contributed by atoms with E-state index in [1.807, 2.05) is 0 Å². The molecule has 20 heavy (non-hydrogen) atoms. The molecule has 1 unspecified atom stereocenters. The Bertz CT molecular complexity index is 417. The summed E-state index contributed by atoms with van der Waals surface area (Å²) >= 11 is 0. The normalized spacial score (nSPS) is 19.1. The van der Waals surface area contributed by atoms with Crippen molar-refractivity contribution in [2.45, 2.75) is 51.0 Å². The fourth-order valence-corrected chi connectivity index (χ4v) is 3.25. The quantitative estimate of drug-likeness (QED) is 0.653. The molecule has 2 rings (SSSR count). The van der Waals surface area contributed by atoms with E-state index in [-0.39, 0.29) is 11.9 Å². The van der Waals surface area contributed by atoms with Crippen LogP contribution in [0.5, 0.6) is 5.75 Å². The Hall–Kier alpha value is -1.13. The van der Waals surface area contributed by atoms with E-state index in [0.29, 0.717) is 11.7 Å². The average molecular weight is 280 g/mol. The van der Waals surface area contributed by atoms with Gasteiger partial charge in [-0.3, -0.25) is 11.3 Å². The van der Waals surface area contributed by atoms with Crippen molar-refractivity contribution >= 4 is 0 Å². The van der Waals surface area contributed by atoms with E-state index in [0.717, 1.165) is 18.4 Å². The number of nitrogens with two attached hydrogens (primary N) is 1. The van der Waals surface area contributed by atoms with Crippen LogP contribution >= 0.6 is 0 Å². The number of methoxy groups -OCH3 is 1. The van der Waals surface area contributed by atoms with E-state index in [2.05, 4.69) is 5.43 Å². The number of nitrogens with one attached hydrogen (secondary N) is 1. The Kier molecular flexibility index (Phi) is 5.80. The second kappa shape index (κ2) is 7.60. The largest absolute Gasteiger partial charge is 0.496 e. The Labute approximate surface area is 120 Å². The third-order valence-electron chi connectivity index (χ3n) is 4.33. The number of rotatable bonds is 4. The van der Waals surface area contributed by atoms with E-state index in [1.54, 1.807) is 19.2 Å². The van der Waals surface area contributed by atoms with E-state index in [9.17, 15) is 4.39 Å². The first-order valence-corrected chi connectivity index (χ1v) is 7.56. The molecule has 1 aliphatic rings. The van der Waals surface area contributed by atoms with Gasteiger partial charge in [0.25, 0.3) is 0 Å². The second-order valence-corrected chi connectivity index (χ2v) is 5.64. The number of hydrogen-bond donors (Lipinski definition) is 2. The first-order chi connectivity index (χ1) is 9.76. The summed E-state index contributed by atoms with van der Waals surface area (Å²) < 4.78 is 18.9. The summed E-state index contributed by atoms with van der Waals surface area (Å²) in [4.78, 5) is 0. The lowest BCUT2D eigenvalue weighted by Crippen LogP contribution is -2.34. The molecule has 4 heteroatoms. The fourth-order valence-electron chi connectivity index (χ4n) is 3.25. The van der Waals surface area contributed by atoms with Gasteiger partial charge in [-0.05, 0) is 37.0 Å². The van der Waals surface area contributed by atoms with E-state index in [4.69, 9.17) is 10.6 Å². The summed E-state index contributed by atoms with van der Waals surface area (Å²) in [5.41, 5.74) is 3.73. The Morgan fingerprint density at radius 3 is 2.45 bits per heavy atom. The summed E-state index contributed by atoms with van der Waals surface area (Å²) in [6.07, 6.45) is 8.61. The highest BCUT2D eigenvalue weighted by molar-refractivity contribution is 5.36. The molecule has 1 aromatic carbocycles. The van der Waals surface area contributed by atoms with Crippen LogP contribution in [0, 0.1) is 11.7 Å². The van der Waals surface area contributed by atoms with Crippen molar-refractivity contribution in [3.8, 4) is 5.75 Å². The molecule has 0 heterocycles. The van der Waals surface area contributed by atoms with Crippen LogP contribution in [0.3, 0.4) is 0 Å². The van der Waals surface area contributed by atoms with Crippen LogP contribution in [-0.4, -0.2) is 7.11 Å². The zero-order valence-electron chi connectivity index (χ0n) is 12.2. The SMILES string of the molecule is COc1ccc(F)cc1C(NN)C1CCCCCCC1. The molecule has 3 nitrogen and oxygen atoms in total. The molecule has 1 saturated carbocycles. The molecular weight excluding hydrogens is 255 g/mol. The maximum absolute atomic E-state index is 13.6. The molecule has 0 aliphatic heterocycles. The molecule has 3 N–H and O–H groups in total. The topological polar surface area (TPSA) is 47.3 Å². The first kappa shape index (κ1) is 15.3. The van der Waals surface area contributed by atoms with Crippen molar-refractivity contribution in [3.05, 3.63) is 29.6 Å². The summed E-state index contributed by atoms with van der Waals surface area (Å²) in [6, 6.07) is 4.60. The van der Waals surface area contributed by atoms with Crippen molar-refractivity contribution < 1.29 is 9.13 Å². The highest BCUT2D eigenvalue weighted by atomic mass is 19.1. The lowest BCUT2D eigenvalue weighted by atomic mass is 9.83. The third-order valence-corrected chi connectivity index (χ3v) is 4.33. The molecule has 0 radical (unpaired) electrons. The number of hydrogen-bond acceptors (Lipinski definition) is 3. The van der Waals surface area contributed by atoms with Gasteiger partial charge < -0.3 is 4.74 Å². The Balaban J connectivity index is 2.23. The molecule has 112 valence electrons. The maximum Gasteiger partial charge on any atom is 0.123 e. The van der Waals surface area contributed by atoms with Gasteiger partial charge in [0, 0.05) is 5.56 Å².